The molecule has 1 N–H and O–H groups in total. The van der Waals surface area contributed by atoms with E-state index in [1.807, 2.05) is 30.3 Å². The zero-order valence-corrected chi connectivity index (χ0v) is 13.6. The van der Waals surface area contributed by atoms with Gasteiger partial charge in [-0.3, -0.25) is 9.59 Å². The number of hydrogen-bond acceptors (Lipinski definition) is 3. The lowest BCUT2D eigenvalue weighted by atomic mass is 9.98. The van der Waals surface area contributed by atoms with Crippen LogP contribution in [0.5, 0.6) is 0 Å². The van der Waals surface area contributed by atoms with Crippen LogP contribution in [0.4, 0.5) is 0 Å². The summed E-state index contributed by atoms with van der Waals surface area (Å²) in [4.78, 5) is 39.5. The van der Waals surface area contributed by atoms with Gasteiger partial charge >= 0.3 is 5.97 Å². The van der Waals surface area contributed by atoms with E-state index in [-0.39, 0.29) is 18.2 Å². The van der Waals surface area contributed by atoms with E-state index in [0.717, 1.165) is 18.4 Å². The first-order chi connectivity index (χ1) is 11.6. The van der Waals surface area contributed by atoms with E-state index in [9.17, 15) is 19.5 Å². The van der Waals surface area contributed by atoms with Gasteiger partial charge in [-0.15, -0.1) is 0 Å². The number of aliphatic carboxylic acids is 1. The van der Waals surface area contributed by atoms with Crippen LogP contribution in [-0.4, -0.2) is 51.8 Å². The van der Waals surface area contributed by atoms with Crippen LogP contribution in [0.15, 0.2) is 30.3 Å². The van der Waals surface area contributed by atoms with E-state index >= 15 is 0 Å². The van der Waals surface area contributed by atoms with Crippen molar-refractivity contribution in [2.24, 2.45) is 5.92 Å². The number of carboxylic acids is 1. The minimum Gasteiger partial charge on any atom is -0.480 e. The highest BCUT2D eigenvalue weighted by Gasteiger charge is 2.40. The molecule has 128 valence electrons. The highest BCUT2D eigenvalue weighted by atomic mass is 16.4. The van der Waals surface area contributed by atoms with Gasteiger partial charge in [0.1, 0.15) is 6.04 Å². The van der Waals surface area contributed by atoms with E-state index in [1.54, 1.807) is 4.90 Å². The lowest BCUT2D eigenvalue weighted by Gasteiger charge is -2.34. The van der Waals surface area contributed by atoms with Crippen LogP contribution >= 0.6 is 0 Å². The first kappa shape index (κ1) is 16.5. The summed E-state index contributed by atoms with van der Waals surface area (Å²) in [6.07, 6.45) is 2.32. The van der Waals surface area contributed by atoms with E-state index in [0.29, 0.717) is 26.1 Å². The van der Waals surface area contributed by atoms with Gasteiger partial charge in [0.25, 0.3) is 0 Å². The minimum absolute atomic E-state index is 0.0407. The fraction of sp³-hybridized carbons (Fsp3) is 0.500. The molecule has 1 aromatic carbocycles. The van der Waals surface area contributed by atoms with Crippen LogP contribution in [0.2, 0.25) is 0 Å². The lowest BCUT2D eigenvalue weighted by molar-refractivity contribution is -0.153. The molecule has 24 heavy (non-hydrogen) atoms. The Labute approximate surface area is 141 Å². The maximum atomic E-state index is 12.7. The van der Waals surface area contributed by atoms with Crippen LogP contribution in [0, 0.1) is 5.92 Å². The van der Waals surface area contributed by atoms with Gasteiger partial charge in [0, 0.05) is 26.1 Å². The smallest absolute Gasteiger partial charge is 0.326 e. The molecule has 2 amide bonds. The van der Waals surface area contributed by atoms with E-state index < -0.39 is 17.9 Å². The molecule has 3 rings (SSSR count). The largest absolute Gasteiger partial charge is 0.480 e. The molecule has 2 unspecified atom stereocenters. The quantitative estimate of drug-likeness (QED) is 0.907. The Bertz CT molecular complexity index is 631. The molecule has 2 fully saturated rings. The molecule has 0 spiro atoms. The second-order valence-corrected chi connectivity index (χ2v) is 6.54. The minimum atomic E-state index is -0.950. The van der Waals surface area contributed by atoms with Crippen molar-refractivity contribution in [2.75, 3.05) is 13.1 Å². The summed E-state index contributed by atoms with van der Waals surface area (Å²) in [5.74, 6) is -1.61. The van der Waals surface area contributed by atoms with Gasteiger partial charge in [-0.1, -0.05) is 30.3 Å². The normalized spacial score (nSPS) is 24.2. The molecule has 2 saturated heterocycles. The number of likely N-dealkylation sites (tertiary alicyclic amines) is 2. The predicted octanol–water partition coefficient (Wildman–Crippen LogP) is 1.50. The van der Waals surface area contributed by atoms with Crippen LogP contribution in [0.25, 0.3) is 0 Å². The molecule has 2 atom stereocenters. The average Bonchev–Trinajstić information content (AvgIpc) is 2.96. The zero-order chi connectivity index (χ0) is 17.1. The molecule has 0 aliphatic carbocycles. The van der Waals surface area contributed by atoms with Crippen LogP contribution < -0.4 is 0 Å². The van der Waals surface area contributed by atoms with Gasteiger partial charge < -0.3 is 14.9 Å². The number of rotatable bonds is 4. The van der Waals surface area contributed by atoms with Crippen molar-refractivity contribution in [3.05, 3.63) is 35.9 Å². The second kappa shape index (κ2) is 7.03. The van der Waals surface area contributed by atoms with Crippen molar-refractivity contribution in [1.82, 2.24) is 9.80 Å². The Kier molecular flexibility index (Phi) is 4.83. The third-order valence-corrected chi connectivity index (χ3v) is 4.85. The van der Waals surface area contributed by atoms with Crippen LogP contribution in [-0.2, 0) is 20.9 Å². The van der Waals surface area contributed by atoms with Gasteiger partial charge in [-0.05, 0) is 24.8 Å². The first-order valence-electron chi connectivity index (χ1n) is 8.41. The van der Waals surface area contributed by atoms with Crippen LogP contribution in [0.3, 0.4) is 0 Å². The molecule has 6 heteroatoms. The summed E-state index contributed by atoms with van der Waals surface area (Å²) in [7, 11) is 0. The van der Waals surface area contributed by atoms with Crippen molar-refractivity contribution in [1.29, 1.82) is 0 Å². The summed E-state index contributed by atoms with van der Waals surface area (Å²) >= 11 is 0. The maximum Gasteiger partial charge on any atom is 0.326 e. The Morgan fingerprint density at radius 2 is 1.92 bits per heavy atom. The Morgan fingerprint density at radius 1 is 1.17 bits per heavy atom. The molecule has 6 nitrogen and oxygen atoms in total. The summed E-state index contributed by atoms with van der Waals surface area (Å²) in [5.41, 5.74) is 1.03. The first-order valence-corrected chi connectivity index (χ1v) is 8.41. The second-order valence-electron chi connectivity index (χ2n) is 6.54. The van der Waals surface area contributed by atoms with Crippen molar-refractivity contribution in [3.8, 4) is 0 Å². The molecule has 1 aromatic rings. The summed E-state index contributed by atoms with van der Waals surface area (Å²) in [5, 5.41) is 9.33. The summed E-state index contributed by atoms with van der Waals surface area (Å²) in [6, 6.07) is 8.92. The molecule has 2 aliphatic rings. The summed E-state index contributed by atoms with van der Waals surface area (Å²) in [6.45, 7) is 1.33. The Hall–Kier alpha value is -2.37. The number of amides is 2. The average molecular weight is 330 g/mol. The molecule has 0 radical (unpaired) electrons. The van der Waals surface area contributed by atoms with Crippen molar-refractivity contribution in [3.63, 3.8) is 0 Å². The van der Waals surface area contributed by atoms with Gasteiger partial charge in [0.05, 0.1) is 5.92 Å². The number of carbonyl (C=O) groups excluding carboxylic acids is 2. The molecule has 2 heterocycles. The van der Waals surface area contributed by atoms with Gasteiger partial charge in [0.15, 0.2) is 0 Å². The third-order valence-electron chi connectivity index (χ3n) is 4.85. The lowest BCUT2D eigenvalue weighted by Crippen LogP contribution is -2.50. The Morgan fingerprint density at radius 3 is 2.62 bits per heavy atom. The Balaban J connectivity index is 1.66. The predicted molar refractivity (Wildman–Crippen MR) is 87.0 cm³/mol. The molecule has 0 saturated carbocycles. The zero-order valence-electron chi connectivity index (χ0n) is 13.6. The molecular formula is C18H22N2O4. The van der Waals surface area contributed by atoms with Crippen molar-refractivity contribution < 1.29 is 19.5 Å². The van der Waals surface area contributed by atoms with Gasteiger partial charge in [0.2, 0.25) is 11.8 Å². The summed E-state index contributed by atoms with van der Waals surface area (Å²) < 4.78 is 0. The van der Waals surface area contributed by atoms with Crippen LogP contribution in [0.1, 0.15) is 31.2 Å². The number of nitrogens with zero attached hydrogens (tertiary/aromatic N) is 2. The van der Waals surface area contributed by atoms with Crippen molar-refractivity contribution in [2.45, 2.75) is 38.3 Å². The highest BCUT2D eigenvalue weighted by Crippen LogP contribution is 2.26. The number of piperidine rings is 1. The highest BCUT2D eigenvalue weighted by molar-refractivity contribution is 5.91. The van der Waals surface area contributed by atoms with E-state index in [1.165, 1.54) is 4.90 Å². The topological polar surface area (TPSA) is 77.9 Å². The number of carbonyl (C=O) groups is 3. The van der Waals surface area contributed by atoms with E-state index in [2.05, 4.69) is 0 Å². The SMILES string of the molecule is O=C(O)C1CCCCN1C(=O)C1CC(=O)N(Cc2ccccc2)C1. The third kappa shape index (κ3) is 3.42. The fourth-order valence-corrected chi connectivity index (χ4v) is 3.58. The number of carboxylic acid groups (broad SMARTS) is 1. The van der Waals surface area contributed by atoms with Gasteiger partial charge in [-0.2, -0.15) is 0 Å². The van der Waals surface area contributed by atoms with Gasteiger partial charge in [-0.25, -0.2) is 4.79 Å². The molecule has 0 bridgehead atoms. The fourth-order valence-electron chi connectivity index (χ4n) is 3.58. The van der Waals surface area contributed by atoms with Crippen molar-refractivity contribution >= 4 is 17.8 Å². The number of benzene rings is 1. The molecule has 2 aliphatic heterocycles. The van der Waals surface area contributed by atoms with E-state index in [4.69, 9.17) is 0 Å². The standard InChI is InChI=1S/C18H22N2O4/c21-16-10-14(12-19(16)11-13-6-2-1-3-7-13)17(22)20-9-5-4-8-15(20)18(23)24/h1-3,6-7,14-15H,4-5,8-12H2,(H,23,24). The molecular weight excluding hydrogens is 308 g/mol. The maximum absolute atomic E-state index is 12.7. The number of hydrogen-bond donors (Lipinski definition) is 1. The monoisotopic (exact) mass is 330 g/mol. The molecule has 0 aromatic heterocycles.